The molecule has 0 aromatic heterocycles. The fourth-order valence-corrected chi connectivity index (χ4v) is 5.80. The zero-order valence-corrected chi connectivity index (χ0v) is 20.6. The molecule has 182 valence electrons. The fraction of sp³-hybridized carbons (Fsp3) is 0.484. The first kappa shape index (κ1) is 24.9. The number of nitrogens with one attached hydrogen (secondary N) is 1. The summed E-state index contributed by atoms with van der Waals surface area (Å²) in [6.07, 6.45) is 13.2. The molecular formula is C31H41NO2. The zero-order valence-electron chi connectivity index (χ0n) is 20.6. The van der Waals surface area contributed by atoms with E-state index < -0.39 is 6.10 Å². The summed E-state index contributed by atoms with van der Waals surface area (Å²) in [6, 6.07) is 18.9. The second-order valence-corrected chi connectivity index (χ2v) is 10.4. The van der Waals surface area contributed by atoms with Gasteiger partial charge in [-0.1, -0.05) is 90.4 Å². The Morgan fingerprint density at radius 2 is 1.85 bits per heavy atom. The SMILES string of the molecule is Cc1cccc(C[C@H](O)C=C[C@@H]2[C@H]3CC(CCCCCNCc4ccccc4)=C[C@H]3C[C@H]2O)c1. The summed E-state index contributed by atoms with van der Waals surface area (Å²) in [5, 5.41) is 24.7. The van der Waals surface area contributed by atoms with Gasteiger partial charge in [-0.05, 0) is 68.5 Å². The average Bonchev–Trinajstić information content (AvgIpc) is 3.34. The highest BCUT2D eigenvalue weighted by atomic mass is 16.3. The monoisotopic (exact) mass is 459 g/mol. The van der Waals surface area contributed by atoms with Crippen molar-refractivity contribution < 1.29 is 10.2 Å². The van der Waals surface area contributed by atoms with E-state index in [1.807, 2.05) is 12.1 Å². The van der Waals surface area contributed by atoms with Gasteiger partial charge in [0.1, 0.15) is 0 Å². The van der Waals surface area contributed by atoms with E-state index in [9.17, 15) is 10.2 Å². The Hall–Kier alpha value is -2.20. The van der Waals surface area contributed by atoms with Crippen molar-refractivity contribution in [2.24, 2.45) is 17.8 Å². The molecule has 1 saturated carbocycles. The molecule has 3 heteroatoms. The first-order chi connectivity index (χ1) is 16.6. The third-order valence-electron chi connectivity index (χ3n) is 7.56. The van der Waals surface area contributed by atoms with Gasteiger partial charge in [0.2, 0.25) is 0 Å². The molecule has 0 unspecified atom stereocenters. The average molecular weight is 460 g/mol. The summed E-state index contributed by atoms with van der Waals surface area (Å²) in [5.41, 5.74) is 5.30. The number of fused-ring (bicyclic) bond motifs is 1. The second kappa shape index (κ2) is 12.5. The number of allylic oxidation sites excluding steroid dienone is 2. The number of aliphatic hydroxyl groups excluding tert-OH is 2. The number of rotatable bonds is 12. The minimum Gasteiger partial charge on any atom is -0.392 e. The summed E-state index contributed by atoms with van der Waals surface area (Å²) < 4.78 is 0. The molecular weight excluding hydrogens is 418 g/mol. The lowest BCUT2D eigenvalue weighted by molar-refractivity contribution is 0.140. The van der Waals surface area contributed by atoms with Crippen LogP contribution in [0.2, 0.25) is 0 Å². The molecule has 2 aromatic carbocycles. The van der Waals surface area contributed by atoms with Gasteiger partial charge in [-0.15, -0.1) is 0 Å². The lowest BCUT2D eigenvalue weighted by Gasteiger charge is -2.19. The molecule has 0 spiro atoms. The largest absolute Gasteiger partial charge is 0.392 e. The van der Waals surface area contributed by atoms with Crippen molar-refractivity contribution in [3.63, 3.8) is 0 Å². The number of hydrogen-bond donors (Lipinski definition) is 3. The van der Waals surface area contributed by atoms with Crippen LogP contribution in [0.5, 0.6) is 0 Å². The van der Waals surface area contributed by atoms with E-state index in [-0.39, 0.29) is 12.0 Å². The Balaban J connectivity index is 1.15. The topological polar surface area (TPSA) is 52.5 Å². The number of benzene rings is 2. The molecule has 0 bridgehead atoms. The van der Waals surface area contributed by atoms with Crippen molar-refractivity contribution in [1.29, 1.82) is 0 Å². The van der Waals surface area contributed by atoms with Crippen molar-refractivity contribution in [3.05, 3.63) is 95.1 Å². The minimum absolute atomic E-state index is 0.160. The summed E-state index contributed by atoms with van der Waals surface area (Å²) >= 11 is 0. The maximum atomic E-state index is 10.6. The molecule has 0 heterocycles. The molecule has 1 fully saturated rings. The summed E-state index contributed by atoms with van der Waals surface area (Å²) in [6.45, 7) is 4.10. The Morgan fingerprint density at radius 1 is 1.03 bits per heavy atom. The van der Waals surface area contributed by atoms with E-state index >= 15 is 0 Å². The highest BCUT2D eigenvalue weighted by Crippen LogP contribution is 2.48. The van der Waals surface area contributed by atoms with Crippen LogP contribution in [0.15, 0.2) is 78.4 Å². The van der Waals surface area contributed by atoms with Gasteiger partial charge in [0.15, 0.2) is 0 Å². The number of aliphatic hydroxyl groups is 2. The first-order valence-electron chi connectivity index (χ1n) is 13.1. The van der Waals surface area contributed by atoms with Gasteiger partial charge in [0.25, 0.3) is 0 Å². The maximum absolute atomic E-state index is 10.6. The van der Waals surface area contributed by atoms with E-state index in [2.05, 4.69) is 72.9 Å². The number of aryl methyl sites for hydroxylation is 1. The Morgan fingerprint density at radius 3 is 2.68 bits per heavy atom. The molecule has 4 rings (SSSR count). The van der Waals surface area contributed by atoms with Crippen LogP contribution in [0.3, 0.4) is 0 Å². The van der Waals surface area contributed by atoms with Crippen molar-refractivity contribution in [3.8, 4) is 0 Å². The van der Waals surface area contributed by atoms with Crippen LogP contribution < -0.4 is 5.32 Å². The van der Waals surface area contributed by atoms with Crippen molar-refractivity contribution in [2.45, 2.75) is 70.6 Å². The second-order valence-electron chi connectivity index (χ2n) is 10.4. The molecule has 2 aliphatic carbocycles. The van der Waals surface area contributed by atoms with Gasteiger partial charge in [-0.2, -0.15) is 0 Å². The smallest absolute Gasteiger partial charge is 0.0761 e. The predicted octanol–water partition coefficient (Wildman–Crippen LogP) is 5.75. The van der Waals surface area contributed by atoms with E-state index in [0.29, 0.717) is 18.3 Å². The maximum Gasteiger partial charge on any atom is 0.0761 e. The summed E-state index contributed by atoms with van der Waals surface area (Å²) in [7, 11) is 0. The summed E-state index contributed by atoms with van der Waals surface area (Å²) in [4.78, 5) is 0. The van der Waals surface area contributed by atoms with E-state index in [1.54, 1.807) is 5.57 Å². The van der Waals surface area contributed by atoms with Crippen molar-refractivity contribution >= 4 is 0 Å². The predicted molar refractivity (Wildman–Crippen MR) is 140 cm³/mol. The van der Waals surface area contributed by atoms with Crippen LogP contribution in [0.25, 0.3) is 0 Å². The van der Waals surface area contributed by atoms with Crippen LogP contribution in [-0.2, 0) is 13.0 Å². The molecule has 2 aliphatic rings. The summed E-state index contributed by atoms with van der Waals surface area (Å²) in [5.74, 6) is 1.16. The number of unbranched alkanes of at least 4 members (excludes halogenated alkanes) is 2. The Kier molecular flexibility index (Phi) is 9.15. The van der Waals surface area contributed by atoms with E-state index in [0.717, 1.165) is 31.5 Å². The quantitative estimate of drug-likeness (QED) is 0.280. The Labute approximate surface area is 205 Å². The van der Waals surface area contributed by atoms with Gasteiger partial charge in [0, 0.05) is 18.9 Å². The van der Waals surface area contributed by atoms with Crippen LogP contribution in [0, 0.1) is 24.7 Å². The molecule has 0 amide bonds. The lowest BCUT2D eigenvalue weighted by atomic mass is 9.88. The van der Waals surface area contributed by atoms with Crippen molar-refractivity contribution in [2.75, 3.05) is 6.54 Å². The zero-order chi connectivity index (χ0) is 23.8. The van der Waals surface area contributed by atoms with Crippen LogP contribution in [0.1, 0.15) is 55.2 Å². The number of hydrogen-bond acceptors (Lipinski definition) is 3. The molecule has 0 saturated heterocycles. The third-order valence-corrected chi connectivity index (χ3v) is 7.56. The molecule has 34 heavy (non-hydrogen) atoms. The van der Waals surface area contributed by atoms with Crippen LogP contribution >= 0.6 is 0 Å². The fourth-order valence-electron chi connectivity index (χ4n) is 5.80. The first-order valence-corrected chi connectivity index (χ1v) is 13.1. The van der Waals surface area contributed by atoms with Gasteiger partial charge >= 0.3 is 0 Å². The van der Waals surface area contributed by atoms with Gasteiger partial charge < -0.3 is 15.5 Å². The highest BCUT2D eigenvalue weighted by molar-refractivity contribution is 5.24. The molecule has 0 aliphatic heterocycles. The highest BCUT2D eigenvalue weighted by Gasteiger charge is 2.43. The molecule has 3 N–H and O–H groups in total. The molecule has 0 radical (unpaired) electrons. The van der Waals surface area contributed by atoms with E-state index in [4.69, 9.17) is 0 Å². The lowest BCUT2D eigenvalue weighted by Crippen LogP contribution is -2.18. The molecule has 2 aromatic rings. The standard InChI is InChI=1S/C31H41NO2/c1-23-9-8-13-25(17-23)19-28(33)14-15-29-30-20-26(18-27(30)21-31(29)34)12-6-3-7-16-32-22-24-10-4-2-5-11-24/h2,4-5,8-11,13-15,17-18,27-34H,3,6-7,12,16,19-22H2,1H3/t27-,28+,29+,30-,31+/m0/s1. The third kappa shape index (κ3) is 7.15. The molecule has 5 atom stereocenters. The van der Waals surface area contributed by atoms with Crippen molar-refractivity contribution in [1.82, 2.24) is 5.32 Å². The van der Waals surface area contributed by atoms with Gasteiger partial charge in [0.05, 0.1) is 12.2 Å². The van der Waals surface area contributed by atoms with Crippen LogP contribution in [-0.4, -0.2) is 29.0 Å². The Bertz CT molecular complexity index is 951. The molecule has 3 nitrogen and oxygen atoms in total. The minimum atomic E-state index is -0.502. The van der Waals surface area contributed by atoms with Gasteiger partial charge in [-0.3, -0.25) is 0 Å². The normalized spacial score (nSPS) is 25.0. The van der Waals surface area contributed by atoms with Gasteiger partial charge in [-0.25, -0.2) is 0 Å². The van der Waals surface area contributed by atoms with E-state index in [1.165, 1.54) is 36.8 Å². The van der Waals surface area contributed by atoms with Crippen LogP contribution in [0.4, 0.5) is 0 Å².